The molecule has 1 atom stereocenters. The van der Waals surface area contributed by atoms with Gasteiger partial charge in [-0.1, -0.05) is 59.6 Å². The summed E-state index contributed by atoms with van der Waals surface area (Å²) in [5.74, 6) is -0.339. The Bertz CT molecular complexity index is 1260. The van der Waals surface area contributed by atoms with Crippen LogP contribution in [-0.4, -0.2) is 89.8 Å². The van der Waals surface area contributed by atoms with Crippen molar-refractivity contribution in [2.45, 2.75) is 19.4 Å². The first-order valence-corrected chi connectivity index (χ1v) is 13.7. The number of urea groups is 1. The molecule has 10 heteroatoms. The number of likely N-dealkylation sites (N-methyl/N-ethyl adjacent to an activating group) is 1. The molecule has 4 amide bonds. The van der Waals surface area contributed by atoms with Crippen LogP contribution in [0, 0.1) is 0 Å². The Morgan fingerprint density at radius 3 is 2.45 bits per heavy atom. The second-order valence-corrected chi connectivity index (χ2v) is 10.6. The lowest BCUT2D eigenvalue weighted by molar-refractivity contribution is -0.138. The fraction of sp³-hybridized carbons (Fsp3) is 0.393. The lowest BCUT2D eigenvalue weighted by Crippen LogP contribution is -2.51. The van der Waals surface area contributed by atoms with Crippen molar-refractivity contribution >= 4 is 41.0 Å². The van der Waals surface area contributed by atoms with Gasteiger partial charge in [0.2, 0.25) is 5.91 Å². The number of rotatable bonds is 7. The van der Waals surface area contributed by atoms with Crippen LogP contribution in [-0.2, 0) is 16.0 Å². The molecule has 0 aromatic heterocycles. The van der Waals surface area contributed by atoms with Gasteiger partial charge in [0.25, 0.3) is 5.91 Å². The summed E-state index contributed by atoms with van der Waals surface area (Å²) in [7, 11) is 0. The zero-order valence-electron chi connectivity index (χ0n) is 21.3. The zero-order chi connectivity index (χ0) is 26.8. The molecule has 3 heterocycles. The minimum Gasteiger partial charge on any atom is -0.339 e. The summed E-state index contributed by atoms with van der Waals surface area (Å²) >= 11 is 12.5. The smallest absolute Gasteiger partial charge is 0.322 e. The number of hydrogen-bond donors (Lipinski definition) is 1. The van der Waals surface area contributed by atoms with Crippen LogP contribution >= 0.6 is 23.2 Å². The van der Waals surface area contributed by atoms with Gasteiger partial charge in [0.05, 0.1) is 23.9 Å². The highest BCUT2D eigenvalue weighted by molar-refractivity contribution is 6.35. The molecule has 3 aliphatic heterocycles. The molecule has 3 aliphatic rings. The van der Waals surface area contributed by atoms with Crippen LogP contribution in [0.5, 0.6) is 0 Å². The Morgan fingerprint density at radius 2 is 1.76 bits per heavy atom. The normalized spacial score (nSPS) is 20.2. The molecular formula is C28H31Cl2N5O3. The fourth-order valence-corrected chi connectivity index (χ4v) is 5.91. The van der Waals surface area contributed by atoms with Crippen molar-refractivity contribution in [2.24, 2.45) is 0 Å². The molecule has 2 aromatic rings. The molecular weight excluding hydrogens is 525 g/mol. The van der Waals surface area contributed by atoms with Gasteiger partial charge in [-0.15, -0.1) is 0 Å². The SMILES string of the molecule is CCN1C(=O)N[C@@H](c2ccc(Cl)cc2Cl)C2=C1CN(CC(=O)N1CCN(CCc3ccccc3)CC1)C2=O. The van der Waals surface area contributed by atoms with Crippen molar-refractivity contribution in [3.8, 4) is 0 Å². The first-order valence-electron chi connectivity index (χ1n) is 12.9. The minimum absolute atomic E-state index is 0.0251. The van der Waals surface area contributed by atoms with Crippen molar-refractivity contribution < 1.29 is 14.4 Å². The van der Waals surface area contributed by atoms with Gasteiger partial charge in [0.15, 0.2) is 0 Å². The van der Waals surface area contributed by atoms with Crippen LogP contribution in [0.2, 0.25) is 10.0 Å². The summed E-state index contributed by atoms with van der Waals surface area (Å²) in [5, 5.41) is 3.75. The quantitative estimate of drug-likeness (QED) is 0.566. The van der Waals surface area contributed by atoms with Gasteiger partial charge in [-0.2, -0.15) is 0 Å². The van der Waals surface area contributed by atoms with Crippen LogP contribution in [0.4, 0.5) is 4.79 Å². The van der Waals surface area contributed by atoms with Gasteiger partial charge in [0, 0.05) is 49.3 Å². The molecule has 8 nitrogen and oxygen atoms in total. The molecule has 2 aromatic carbocycles. The van der Waals surface area contributed by atoms with E-state index in [1.807, 2.05) is 17.9 Å². The second-order valence-electron chi connectivity index (χ2n) is 9.77. The molecule has 0 aliphatic carbocycles. The third-order valence-corrected chi connectivity index (χ3v) is 8.06. The first-order chi connectivity index (χ1) is 18.4. The summed E-state index contributed by atoms with van der Waals surface area (Å²) in [4.78, 5) is 47.0. The molecule has 0 radical (unpaired) electrons. The molecule has 5 rings (SSSR count). The molecule has 0 unspecified atom stereocenters. The lowest BCUT2D eigenvalue weighted by Gasteiger charge is -2.35. The van der Waals surface area contributed by atoms with E-state index in [-0.39, 0.29) is 30.9 Å². The number of nitrogens with zero attached hydrogens (tertiary/aromatic N) is 4. The number of benzene rings is 2. The summed E-state index contributed by atoms with van der Waals surface area (Å²) in [6.07, 6.45) is 0.980. The van der Waals surface area contributed by atoms with Crippen molar-refractivity contribution in [1.82, 2.24) is 24.9 Å². The average molecular weight is 556 g/mol. The first kappa shape index (κ1) is 26.5. The fourth-order valence-electron chi connectivity index (χ4n) is 5.40. The predicted molar refractivity (Wildman–Crippen MR) is 147 cm³/mol. The standard InChI is InChI=1S/C28H31Cl2N5O3/c1-2-35-23-17-34(27(37)25(23)26(31-28(35)38)21-9-8-20(29)16-22(21)30)18-24(36)33-14-12-32(13-15-33)11-10-19-6-4-3-5-7-19/h3-9,16,26H,2,10-15,17-18H2,1H3,(H,31,38)/t26-/m0/s1. The predicted octanol–water partition coefficient (Wildman–Crippen LogP) is 3.56. The van der Waals surface area contributed by atoms with Crippen molar-refractivity contribution in [2.75, 3.05) is 52.4 Å². The third kappa shape index (κ3) is 5.39. The Labute approximate surface area is 232 Å². The second kappa shape index (κ2) is 11.4. The summed E-state index contributed by atoms with van der Waals surface area (Å²) in [6.45, 7) is 6.28. The van der Waals surface area contributed by atoms with Crippen LogP contribution in [0.15, 0.2) is 59.8 Å². The molecule has 1 saturated heterocycles. The van der Waals surface area contributed by atoms with Crippen molar-refractivity contribution in [3.05, 3.63) is 81.0 Å². The van der Waals surface area contributed by atoms with E-state index < -0.39 is 6.04 Å². The summed E-state index contributed by atoms with van der Waals surface area (Å²) < 4.78 is 0. The Hall–Kier alpha value is -3.07. The van der Waals surface area contributed by atoms with E-state index in [1.165, 1.54) is 10.5 Å². The van der Waals surface area contributed by atoms with Crippen molar-refractivity contribution in [3.63, 3.8) is 0 Å². The number of amides is 4. The summed E-state index contributed by atoms with van der Waals surface area (Å²) in [5.41, 5.74) is 2.98. The van der Waals surface area contributed by atoms with E-state index in [4.69, 9.17) is 23.2 Å². The highest BCUT2D eigenvalue weighted by Gasteiger charge is 2.44. The maximum atomic E-state index is 13.6. The average Bonchev–Trinajstić information content (AvgIpc) is 3.23. The van der Waals surface area contributed by atoms with Gasteiger partial charge >= 0.3 is 6.03 Å². The molecule has 38 heavy (non-hydrogen) atoms. The van der Waals surface area contributed by atoms with Gasteiger partial charge in [-0.25, -0.2) is 4.79 Å². The number of halogens is 2. The Morgan fingerprint density at radius 1 is 1.03 bits per heavy atom. The number of carbonyl (C=O) groups is 3. The zero-order valence-corrected chi connectivity index (χ0v) is 22.8. The highest BCUT2D eigenvalue weighted by Crippen LogP contribution is 2.39. The minimum atomic E-state index is -0.703. The van der Waals surface area contributed by atoms with E-state index in [2.05, 4.69) is 34.5 Å². The van der Waals surface area contributed by atoms with Crippen LogP contribution in [0.25, 0.3) is 0 Å². The largest absolute Gasteiger partial charge is 0.339 e. The van der Waals surface area contributed by atoms with E-state index in [9.17, 15) is 14.4 Å². The number of nitrogens with one attached hydrogen (secondary N) is 1. The number of piperazine rings is 1. The van der Waals surface area contributed by atoms with Crippen LogP contribution in [0.1, 0.15) is 24.1 Å². The van der Waals surface area contributed by atoms with E-state index >= 15 is 0 Å². The topological polar surface area (TPSA) is 76.2 Å². The third-order valence-electron chi connectivity index (χ3n) is 7.50. The molecule has 1 N–H and O–H groups in total. The van der Waals surface area contributed by atoms with E-state index in [0.29, 0.717) is 46.5 Å². The van der Waals surface area contributed by atoms with E-state index in [0.717, 1.165) is 26.1 Å². The molecule has 200 valence electrons. The molecule has 1 fully saturated rings. The number of hydrogen-bond acceptors (Lipinski definition) is 4. The Kier molecular flexibility index (Phi) is 7.93. The highest BCUT2D eigenvalue weighted by atomic mass is 35.5. The van der Waals surface area contributed by atoms with Gasteiger partial charge in [0.1, 0.15) is 6.54 Å². The van der Waals surface area contributed by atoms with Crippen LogP contribution < -0.4 is 5.32 Å². The Balaban J connectivity index is 1.23. The van der Waals surface area contributed by atoms with Gasteiger partial charge < -0.3 is 15.1 Å². The lowest BCUT2D eigenvalue weighted by atomic mass is 9.95. The maximum Gasteiger partial charge on any atom is 0.322 e. The van der Waals surface area contributed by atoms with Gasteiger partial charge in [-0.05, 0) is 36.6 Å². The number of carbonyl (C=O) groups excluding carboxylic acids is 3. The van der Waals surface area contributed by atoms with Crippen molar-refractivity contribution in [1.29, 1.82) is 0 Å². The molecule has 0 saturated carbocycles. The van der Waals surface area contributed by atoms with Gasteiger partial charge in [-0.3, -0.25) is 19.4 Å². The van der Waals surface area contributed by atoms with E-state index in [1.54, 1.807) is 23.1 Å². The molecule has 0 bridgehead atoms. The molecule has 0 spiro atoms. The monoisotopic (exact) mass is 555 g/mol. The van der Waals surface area contributed by atoms with Crippen LogP contribution in [0.3, 0.4) is 0 Å². The maximum absolute atomic E-state index is 13.6. The summed E-state index contributed by atoms with van der Waals surface area (Å²) in [6, 6.07) is 14.4.